The smallest absolute Gasteiger partial charge is 0.123 e. The van der Waals surface area contributed by atoms with E-state index >= 15 is 0 Å². The minimum Gasteiger partial charge on any atom is -0.496 e. The molecule has 2 aromatic rings. The molecule has 1 N–H and O–H groups in total. The lowest BCUT2D eigenvalue weighted by molar-refractivity contribution is 0.391. The van der Waals surface area contributed by atoms with Crippen LogP contribution < -0.4 is 10.1 Å². The van der Waals surface area contributed by atoms with Crippen LogP contribution in [0.25, 0.3) is 0 Å². The molecule has 0 amide bonds. The van der Waals surface area contributed by atoms with E-state index in [1.807, 2.05) is 24.3 Å². The van der Waals surface area contributed by atoms with Crippen molar-refractivity contribution in [2.45, 2.75) is 32.4 Å². The van der Waals surface area contributed by atoms with Crippen LogP contribution in [-0.4, -0.2) is 7.11 Å². The van der Waals surface area contributed by atoms with Crippen molar-refractivity contribution in [1.29, 1.82) is 0 Å². The number of hydrogen-bond acceptors (Lipinski definition) is 2. The van der Waals surface area contributed by atoms with Crippen LogP contribution in [-0.2, 0) is 0 Å². The second-order valence-corrected chi connectivity index (χ2v) is 5.15. The zero-order valence-corrected chi connectivity index (χ0v) is 12.8. The minimum atomic E-state index is -0.197. The predicted octanol–water partition coefficient (Wildman–Crippen LogP) is 4.64. The Morgan fingerprint density at radius 1 is 1.14 bits per heavy atom. The van der Waals surface area contributed by atoms with E-state index in [1.54, 1.807) is 19.2 Å². The van der Waals surface area contributed by atoms with Gasteiger partial charge in [-0.3, -0.25) is 0 Å². The second-order valence-electron chi connectivity index (χ2n) is 5.15. The summed E-state index contributed by atoms with van der Waals surface area (Å²) in [6.45, 7) is 4.19. The summed E-state index contributed by atoms with van der Waals surface area (Å²) in [6, 6.07) is 15.0. The van der Waals surface area contributed by atoms with Gasteiger partial charge in [-0.05, 0) is 37.1 Å². The first-order valence-corrected chi connectivity index (χ1v) is 7.30. The highest BCUT2D eigenvalue weighted by atomic mass is 19.1. The summed E-state index contributed by atoms with van der Waals surface area (Å²) in [5.41, 5.74) is 2.08. The third-order valence-corrected chi connectivity index (χ3v) is 3.72. The van der Waals surface area contributed by atoms with Crippen LogP contribution in [0.1, 0.15) is 43.5 Å². The van der Waals surface area contributed by atoms with Crippen LogP contribution in [0.3, 0.4) is 0 Å². The quantitative estimate of drug-likeness (QED) is 0.836. The zero-order valence-electron chi connectivity index (χ0n) is 12.8. The Labute approximate surface area is 126 Å². The summed E-state index contributed by atoms with van der Waals surface area (Å²) in [6.07, 6.45) is 0.892. The molecule has 2 aromatic carbocycles. The van der Waals surface area contributed by atoms with E-state index in [9.17, 15) is 4.39 Å². The first-order valence-electron chi connectivity index (χ1n) is 7.30. The summed E-state index contributed by atoms with van der Waals surface area (Å²) >= 11 is 0. The Hall–Kier alpha value is -1.87. The Morgan fingerprint density at radius 2 is 1.90 bits per heavy atom. The molecule has 0 fully saturated rings. The fraction of sp³-hybridized carbons (Fsp3) is 0.333. The number of para-hydroxylation sites is 1. The van der Waals surface area contributed by atoms with Crippen LogP contribution in [0.5, 0.6) is 5.75 Å². The van der Waals surface area contributed by atoms with Crippen LogP contribution in [0, 0.1) is 5.82 Å². The molecule has 0 aliphatic carbocycles. The normalized spacial score (nSPS) is 13.7. The maximum absolute atomic E-state index is 13.4. The Kier molecular flexibility index (Phi) is 5.34. The van der Waals surface area contributed by atoms with E-state index in [-0.39, 0.29) is 17.9 Å². The molecule has 21 heavy (non-hydrogen) atoms. The molecule has 2 atom stereocenters. The van der Waals surface area contributed by atoms with Gasteiger partial charge in [0.2, 0.25) is 0 Å². The molecule has 0 saturated heterocycles. The second kappa shape index (κ2) is 7.23. The molecule has 112 valence electrons. The lowest BCUT2D eigenvalue weighted by atomic mass is 10.0. The Bertz CT molecular complexity index is 585. The lowest BCUT2D eigenvalue weighted by Crippen LogP contribution is -2.24. The topological polar surface area (TPSA) is 21.3 Å². The highest BCUT2D eigenvalue weighted by Gasteiger charge is 2.16. The number of methoxy groups -OCH3 is 1. The monoisotopic (exact) mass is 287 g/mol. The van der Waals surface area contributed by atoms with E-state index in [1.165, 1.54) is 6.07 Å². The highest BCUT2D eigenvalue weighted by Crippen LogP contribution is 2.28. The van der Waals surface area contributed by atoms with Crippen molar-refractivity contribution >= 4 is 0 Å². The third-order valence-electron chi connectivity index (χ3n) is 3.72. The first kappa shape index (κ1) is 15.5. The van der Waals surface area contributed by atoms with Gasteiger partial charge in [0.05, 0.1) is 7.11 Å². The average molecular weight is 287 g/mol. The molecule has 2 unspecified atom stereocenters. The molecular weight excluding hydrogens is 265 g/mol. The average Bonchev–Trinajstić information content (AvgIpc) is 2.52. The van der Waals surface area contributed by atoms with Gasteiger partial charge in [0.1, 0.15) is 11.6 Å². The summed E-state index contributed by atoms with van der Waals surface area (Å²) in [5.74, 6) is 0.671. The molecule has 0 heterocycles. The van der Waals surface area contributed by atoms with E-state index in [0.717, 1.165) is 23.3 Å². The molecular formula is C18H22FNO. The van der Waals surface area contributed by atoms with E-state index < -0.39 is 0 Å². The van der Waals surface area contributed by atoms with Gasteiger partial charge < -0.3 is 10.1 Å². The lowest BCUT2D eigenvalue weighted by Gasteiger charge is -2.24. The first-order chi connectivity index (χ1) is 10.2. The standard InChI is InChI=1S/C18H22FNO/c1-4-17(14-8-7-9-15(19)12-14)20-13(2)16-10-5-6-11-18(16)21-3/h5-13,17,20H,4H2,1-3H3. The molecule has 3 heteroatoms. The van der Waals surface area contributed by atoms with Gasteiger partial charge >= 0.3 is 0 Å². The molecule has 0 aliphatic heterocycles. The van der Waals surface area contributed by atoms with Crippen molar-refractivity contribution in [3.8, 4) is 5.75 Å². The SMILES string of the molecule is CCC(NC(C)c1ccccc1OC)c1cccc(F)c1. The number of halogens is 1. The number of hydrogen-bond donors (Lipinski definition) is 1. The van der Waals surface area contributed by atoms with E-state index in [4.69, 9.17) is 4.74 Å². The fourth-order valence-electron chi connectivity index (χ4n) is 2.59. The summed E-state index contributed by atoms with van der Waals surface area (Å²) in [4.78, 5) is 0. The Balaban J connectivity index is 2.18. The molecule has 2 nitrogen and oxygen atoms in total. The van der Waals surface area contributed by atoms with Gasteiger partial charge in [0, 0.05) is 17.6 Å². The van der Waals surface area contributed by atoms with Crippen molar-refractivity contribution in [3.63, 3.8) is 0 Å². The maximum atomic E-state index is 13.4. The molecule has 0 spiro atoms. The summed E-state index contributed by atoms with van der Waals surface area (Å²) in [5, 5.41) is 3.55. The number of ether oxygens (including phenoxy) is 1. The number of rotatable bonds is 6. The number of benzene rings is 2. The van der Waals surface area contributed by atoms with Gasteiger partial charge in [-0.15, -0.1) is 0 Å². The zero-order chi connectivity index (χ0) is 15.2. The van der Waals surface area contributed by atoms with Crippen LogP contribution in [0.4, 0.5) is 4.39 Å². The molecule has 0 aromatic heterocycles. The van der Waals surface area contributed by atoms with Crippen molar-refractivity contribution < 1.29 is 9.13 Å². The molecule has 0 saturated carbocycles. The molecule has 2 rings (SSSR count). The highest BCUT2D eigenvalue weighted by molar-refractivity contribution is 5.35. The van der Waals surface area contributed by atoms with E-state index in [2.05, 4.69) is 25.2 Å². The van der Waals surface area contributed by atoms with Crippen LogP contribution in [0.2, 0.25) is 0 Å². The van der Waals surface area contributed by atoms with Crippen LogP contribution >= 0.6 is 0 Å². The summed E-state index contributed by atoms with van der Waals surface area (Å²) < 4.78 is 18.8. The van der Waals surface area contributed by atoms with Gasteiger partial charge in [-0.1, -0.05) is 37.3 Å². The Morgan fingerprint density at radius 3 is 2.57 bits per heavy atom. The van der Waals surface area contributed by atoms with Gasteiger partial charge in [-0.2, -0.15) is 0 Å². The largest absolute Gasteiger partial charge is 0.496 e. The van der Waals surface area contributed by atoms with Crippen molar-refractivity contribution in [3.05, 3.63) is 65.5 Å². The van der Waals surface area contributed by atoms with Crippen molar-refractivity contribution in [2.24, 2.45) is 0 Å². The molecule has 0 radical (unpaired) electrons. The maximum Gasteiger partial charge on any atom is 0.123 e. The number of nitrogens with one attached hydrogen (secondary N) is 1. The van der Waals surface area contributed by atoms with E-state index in [0.29, 0.717) is 0 Å². The van der Waals surface area contributed by atoms with Crippen molar-refractivity contribution in [2.75, 3.05) is 7.11 Å². The van der Waals surface area contributed by atoms with Crippen molar-refractivity contribution in [1.82, 2.24) is 5.32 Å². The fourth-order valence-corrected chi connectivity index (χ4v) is 2.59. The van der Waals surface area contributed by atoms with Gasteiger partial charge in [-0.25, -0.2) is 4.39 Å². The third kappa shape index (κ3) is 3.82. The molecule has 0 aliphatic rings. The minimum absolute atomic E-state index is 0.112. The molecule has 0 bridgehead atoms. The van der Waals surface area contributed by atoms with Gasteiger partial charge in [0.25, 0.3) is 0 Å². The summed E-state index contributed by atoms with van der Waals surface area (Å²) in [7, 11) is 1.68. The predicted molar refractivity (Wildman–Crippen MR) is 84.0 cm³/mol. The van der Waals surface area contributed by atoms with Gasteiger partial charge in [0.15, 0.2) is 0 Å². The van der Waals surface area contributed by atoms with Crippen LogP contribution in [0.15, 0.2) is 48.5 Å².